The summed E-state index contributed by atoms with van der Waals surface area (Å²) >= 11 is 0. The number of hydrogen-bond acceptors (Lipinski definition) is 4. The third-order valence-corrected chi connectivity index (χ3v) is 5.43. The molecule has 0 saturated carbocycles. The van der Waals surface area contributed by atoms with Crippen molar-refractivity contribution < 1.29 is 13.2 Å². The van der Waals surface area contributed by atoms with Crippen LogP contribution in [0, 0.1) is 0 Å². The molecule has 2 aromatic carbocycles. The van der Waals surface area contributed by atoms with Gasteiger partial charge in [-0.1, -0.05) is 30.3 Å². The van der Waals surface area contributed by atoms with Gasteiger partial charge in [-0.3, -0.25) is 0 Å². The highest BCUT2D eigenvalue weighted by atomic mass is 32.2. The number of hydrogen-bond donors (Lipinski definition) is 0. The van der Waals surface area contributed by atoms with Gasteiger partial charge in [0.1, 0.15) is 17.9 Å². The van der Waals surface area contributed by atoms with E-state index in [0.29, 0.717) is 17.9 Å². The van der Waals surface area contributed by atoms with Crippen LogP contribution >= 0.6 is 0 Å². The normalized spacial score (nSPS) is 12.0. The fourth-order valence-corrected chi connectivity index (χ4v) is 3.88. The lowest BCUT2D eigenvalue weighted by Gasteiger charge is -2.14. The van der Waals surface area contributed by atoms with Gasteiger partial charge in [-0.25, -0.2) is 12.4 Å². The minimum Gasteiger partial charge on any atom is -0.490 e. The summed E-state index contributed by atoms with van der Waals surface area (Å²) in [7, 11) is 0.270. The van der Waals surface area contributed by atoms with Crippen molar-refractivity contribution in [3.63, 3.8) is 0 Å². The molecule has 5 nitrogen and oxygen atoms in total. The van der Waals surface area contributed by atoms with E-state index in [0.717, 1.165) is 11.9 Å². The second kappa shape index (κ2) is 6.67. The zero-order valence-electron chi connectivity index (χ0n) is 13.7. The highest BCUT2D eigenvalue weighted by Crippen LogP contribution is 2.29. The topological polar surface area (TPSA) is 51.5 Å². The second-order valence-corrected chi connectivity index (χ2v) is 7.59. The number of para-hydroxylation sites is 1. The van der Waals surface area contributed by atoms with E-state index in [-0.39, 0.29) is 4.90 Å². The molecule has 0 aliphatic carbocycles. The van der Waals surface area contributed by atoms with E-state index in [1.807, 2.05) is 31.1 Å². The summed E-state index contributed by atoms with van der Waals surface area (Å²) in [5.41, 5.74) is 0.570. The zero-order valence-corrected chi connectivity index (χ0v) is 14.5. The van der Waals surface area contributed by atoms with E-state index in [2.05, 4.69) is 0 Å². The molecule has 0 saturated heterocycles. The molecule has 1 aromatic heterocycles. The summed E-state index contributed by atoms with van der Waals surface area (Å²) in [5.74, 6) is 0.568. The Morgan fingerprint density at radius 3 is 2.46 bits per heavy atom. The van der Waals surface area contributed by atoms with Gasteiger partial charge in [-0.15, -0.1) is 0 Å². The quantitative estimate of drug-likeness (QED) is 0.690. The van der Waals surface area contributed by atoms with Crippen molar-refractivity contribution in [1.29, 1.82) is 0 Å². The van der Waals surface area contributed by atoms with E-state index in [9.17, 15) is 8.42 Å². The largest absolute Gasteiger partial charge is 0.490 e. The van der Waals surface area contributed by atoms with Gasteiger partial charge in [0, 0.05) is 18.1 Å². The Hall–Kier alpha value is -2.31. The van der Waals surface area contributed by atoms with Crippen LogP contribution in [0.25, 0.3) is 10.9 Å². The number of benzene rings is 2. The molecule has 0 bridgehead atoms. The standard InChI is InChI=1S/C18H20N2O3S/c1-19(2)13-14-23-17-10-6-7-15-11-12-20(18(15)17)24(21,22)16-8-4-3-5-9-16/h3-12H,13-14H2,1-2H3. The van der Waals surface area contributed by atoms with Crippen molar-refractivity contribution >= 4 is 20.9 Å². The van der Waals surface area contributed by atoms with Crippen molar-refractivity contribution in [3.8, 4) is 5.75 Å². The molecular weight excluding hydrogens is 324 g/mol. The molecule has 0 aliphatic heterocycles. The minimum atomic E-state index is -3.66. The molecule has 0 unspecified atom stereocenters. The maximum absolute atomic E-state index is 12.9. The van der Waals surface area contributed by atoms with Crippen LogP contribution in [0.5, 0.6) is 5.75 Å². The number of nitrogens with zero attached hydrogens (tertiary/aromatic N) is 2. The number of aromatic nitrogens is 1. The molecule has 24 heavy (non-hydrogen) atoms. The third-order valence-electron chi connectivity index (χ3n) is 3.74. The molecule has 0 N–H and O–H groups in total. The SMILES string of the molecule is CN(C)CCOc1cccc2ccn(S(=O)(=O)c3ccccc3)c12. The zero-order chi connectivity index (χ0) is 17.2. The van der Waals surface area contributed by atoms with Gasteiger partial charge < -0.3 is 9.64 Å². The predicted octanol–water partition coefficient (Wildman–Crippen LogP) is 2.82. The molecular formula is C18H20N2O3S. The molecule has 1 heterocycles. The fraction of sp³-hybridized carbons (Fsp3) is 0.222. The molecule has 3 aromatic rings. The van der Waals surface area contributed by atoms with Gasteiger partial charge in [0.15, 0.2) is 0 Å². The second-order valence-electron chi connectivity index (χ2n) is 5.78. The Morgan fingerprint density at radius 1 is 1.00 bits per heavy atom. The first-order valence-electron chi connectivity index (χ1n) is 7.68. The number of rotatable bonds is 6. The average molecular weight is 344 g/mol. The van der Waals surface area contributed by atoms with Crippen molar-refractivity contribution in [3.05, 3.63) is 60.8 Å². The van der Waals surface area contributed by atoms with E-state index in [1.54, 1.807) is 48.7 Å². The smallest absolute Gasteiger partial charge is 0.268 e. The average Bonchev–Trinajstić information content (AvgIpc) is 3.01. The Kier molecular flexibility index (Phi) is 4.59. The van der Waals surface area contributed by atoms with E-state index < -0.39 is 10.0 Å². The number of likely N-dealkylation sites (N-methyl/N-ethyl adjacent to an activating group) is 1. The summed E-state index contributed by atoms with van der Waals surface area (Å²) < 4.78 is 33.0. The van der Waals surface area contributed by atoms with Gasteiger partial charge in [0.05, 0.1) is 4.90 Å². The van der Waals surface area contributed by atoms with E-state index >= 15 is 0 Å². The summed E-state index contributed by atoms with van der Waals surface area (Å²) in [4.78, 5) is 2.27. The van der Waals surface area contributed by atoms with Gasteiger partial charge in [-0.05, 0) is 38.4 Å². The van der Waals surface area contributed by atoms with E-state index in [4.69, 9.17) is 4.74 Å². The lowest BCUT2D eigenvalue weighted by atomic mass is 10.2. The molecule has 0 atom stereocenters. The number of ether oxygens (including phenoxy) is 1. The molecule has 0 amide bonds. The summed E-state index contributed by atoms with van der Waals surface area (Å²) in [6.07, 6.45) is 1.58. The van der Waals surface area contributed by atoms with E-state index in [1.165, 1.54) is 3.97 Å². The number of fused-ring (bicyclic) bond motifs is 1. The van der Waals surface area contributed by atoms with Gasteiger partial charge in [0.25, 0.3) is 10.0 Å². The monoisotopic (exact) mass is 344 g/mol. The molecule has 0 aliphatic rings. The van der Waals surface area contributed by atoms with Crippen LogP contribution in [-0.4, -0.2) is 44.5 Å². The van der Waals surface area contributed by atoms with Gasteiger partial charge in [0.2, 0.25) is 0 Å². The highest BCUT2D eigenvalue weighted by Gasteiger charge is 2.20. The van der Waals surface area contributed by atoms with Crippen LogP contribution in [0.3, 0.4) is 0 Å². The maximum atomic E-state index is 12.9. The lowest BCUT2D eigenvalue weighted by Crippen LogP contribution is -2.20. The molecule has 0 radical (unpaired) electrons. The van der Waals surface area contributed by atoms with Crippen molar-refractivity contribution in [1.82, 2.24) is 8.87 Å². The Bertz CT molecular complexity index is 931. The summed E-state index contributed by atoms with van der Waals surface area (Å²) in [6, 6.07) is 15.7. The highest BCUT2D eigenvalue weighted by molar-refractivity contribution is 7.90. The van der Waals surface area contributed by atoms with Crippen molar-refractivity contribution in [2.24, 2.45) is 0 Å². The van der Waals surface area contributed by atoms with Gasteiger partial charge in [-0.2, -0.15) is 0 Å². The molecule has 0 spiro atoms. The lowest BCUT2D eigenvalue weighted by molar-refractivity contribution is 0.263. The van der Waals surface area contributed by atoms with Crippen molar-refractivity contribution in [2.45, 2.75) is 4.90 Å². The maximum Gasteiger partial charge on any atom is 0.268 e. The van der Waals surface area contributed by atoms with Crippen LogP contribution in [-0.2, 0) is 10.0 Å². The Balaban J connectivity index is 2.06. The first kappa shape index (κ1) is 16.5. The summed E-state index contributed by atoms with van der Waals surface area (Å²) in [5, 5.41) is 0.830. The first-order chi connectivity index (χ1) is 11.5. The van der Waals surface area contributed by atoms with Crippen LogP contribution < -0.4 is 4.74 Å². The molecule has 0 fully saturated rings. The van der Waals surface area contributed by atoms with Crippen LogP contribution in [0.15, 0.2) is 65.7 Å². The van der Waals surface area contributed by atoms with Crippen LogP contribution in [0.4, 0.5) is 0 Å². The molecule has 3 rings (SSSR count). The Labute approximate surface area is 142 Å². The van der Waals surface area contributed by atoms with Crippen LogP contribution in [0.2, 0.25) is 0 Å². The fourth-order valence-electron chi connectivity index (χ4n) is 2.49. The molecule has 6 heteroatoms. The van der Waals surface area contributed by atoms with Crippen molar-refractivity contribution in [2.75, 3.05) is 27.2 Å². The minimum absolute atomic E-state index is 0.255. The van der Waals surface area contributed by atoms with Gasteiger partial charge >= 0.3 is 0 Å². The molecule has 126 valence electrons. The predicted molar refractivity (Wildman–Crippen MR) is 95.0 cm³/mol. The first-order valence-corrected chi connectivity index (χ1v) is 9.12. The third kappa shape index (κ3) is 3.16. The summed E-state index contributed by atoms with van der Waals surface area (Å²) in [6.45, 7) is 1.24. The van der Waals surface area contributed by atoms with Crippen LogP contribution in [0.1, 0.15) is 0 Å². The Morgan fingerprint density at radius 2 is 1.75 bits per heavy atom.